The van der Waals surface area contributed by atoms with Gasteiger partial charge in [0.15, 0.2) is 0 Å². The summed E-state index contributed by atoms with van der Waals surface area (Å²) < 4.78 is 79.0. The van der Waals surface area contributed by atoms with Crippen LogP contribution in [0.2, 0.25) is 0 Å². The van der Waals surface area contributed by atoms with E-state index in [-0.39, 0.29) is 5.69 Å². The molecule has 1 aromatic carbocycles. The lowest BCUT2D eigenvalue weighted by Gasteiger charge is -2.20. The van der Waals surface area contributed by atoms with Crippen LogP contribution in [-0.2, 0) is 6.18 Å². The molecule has 0 aliphatic heterocycles. The van der Waals surface area contributed by atoms with Crippen LogP contribution in [0, 0.1) is 0 Å². The SMILES string of the molecule is C=C(N)/C=C(\C(=C/C)c1ccc(N)cc1C(F)(F)F)C(F)(F)F. The van der Waals surface area contributed by atoms with Gasteiger partial charge in [0, 0.05) is 11.4 Å². The number of hydrogen-bond donors (Lipinski definition) is 2. The Labute approximate surface area is 128 Å². The molecular weight excluding hydrogens is 322 g/mol. The highest BCUT2D eigenvalue weighted by atomic mass is 19.4. The van der Waals surface area contributed by atoms with Crippen LogP contribution in [0.5, 0.6) is 0 Å². The molecule has 0 aliphatic rings. The second-order valence-electron chi connectivity index (χ2n) is 4.64. The summed E-state index contributed by atoms with van der Waals surface area (Å²) in [6, 6.07) is 2.58. The molecule has 0 bridgehead atoms. The van der Waals surface area contributed by atoms with Gasteiger partial charge in [0.25, 0.3) is 0 Å². The number of nitrogens with two attached hydrogens (primary N) is 2. The summed E-state index contributed by atoms with van der Waals surface area (Å²) >= 11 is 0. The Morgan fingerprint density at radius 1 is 1.13 bits per heavy atom. The van der Waals surface area contributed by atoms with Crippen molar-refractivity contribution >= 4 is 11.3 Å². The van der Waals surface area contributed by atoms with Gasteiger partial charge in [-0.2, -0.15) is 26.3 Å². The Hall–Kier alpha value is -2.38. The molecule has 126 valence electrons. The summed E-state index contributed by atoms with van der Waals surface area (Å²) in [7, 11) is 0. The highest BCUT2D eigenvalue weighted by Crippen LogP contribution is 2.42. The first-order valence-corrected chi connectivity index (χ1v) is 6.25. The van der Waals surface area contributed by atoms with E-state index in [1.54, 1.807) is 0 Å². The van der Waals surface area contributed by atoms with Crippen LogP contribution in [0.3, 0.4) is 0 Å². The molecule has 0 saturated carbocycles. The molecule has 2 nitrogen and oxygen atoms in total. The van der Waals surface area contributed by atoms with Gasteiger partial charge in [-0.3, -0.25) is 0 Å². The van der Waals surface area contributed by atoms with Crippen molar-refractivity contribution in [3.63, 3.8) is 0 Å². The van der Waals surface area contributed by atoms with Gasteiger partial charge in [-0.05, 0) is 36.3 Å². The third kappa shape index (κ3) is 4.54. The third-order valence-corrected chi connectivity index (χ3v) is 2.85. The average molecular weight is 336 g/mol. The molecule has 0 aliphatic carbocycles. The second kappa shape index (κ2) is 6.39. The van der Waals surface area contributed by atoms with Crippen molar-refractivity contribution in [2.75, 3.05) is 5.73 Å². The van der Waals surface area contributed by atoms with E-state index in [1.807, 2.05) is 0 Å². The lowest BCUT2D eigenvalue weighted by Crippen LogP contribution is -2.17. The van der Waals surface area contributed by atoms with Gasteiger partial charge in [-0.1, -0.05) is 18.7 Å². The van der Waals surface area contributed by atoms with E-state index >= 15 is 0 Å². The molecule has 1 rings (SSSR count). The Morgan fingerprint density at radius 2 is 1.70 bits per heavy atom. The normalized spacial score (nSPS) is 14.0. The minimum atomic E-state index is -4.91. The highest BCUT2D eigenvalue weighted by molar-refractivity contribution is 5.83. The van der Waals surface area contributed by atoms with Crippen LogP contribution in [0.4, 0.5) is 32.0 Å². The molecule has 0 atom stereocenters. The molecular formula is C15H14F6N2. The van der Waals surface area contributed by atoms with E-state index < -0.39 is 40.3 Å². The molecule has 0 unspecified atom stereocenters. The van der Waals surface area contributed by atoms with Crippen molar-refractivity contribution in [1.82, 2.24) is 0 Å². The fraction of sp³-hybridized carbons (Fsp3) is 0.200. The van der Waals surface area contributed by atoms with E-state index in [9.17, 15) is 26.3 Å². The molecule has 0 heterocycles. The molecule has 0 amide bonds. The molecule has 8 heteroatoms. The van der Waals surface area contributed by atoms with Crippen LogP contribution in [0.25, 0.3) is 5.57 Å². The van der Waals surface area contributed by atoms with Crippen molar-refractivity contribution in [1.29, 1.82) is 0 Å². The van der Waals surface area contributed by atoms with E-state index in [2.05, 4.69) is 6.58 Å². The highest BCUT2D eigenvalue weighted by Gasteiger charge is 2.40. The number of hydrogen-bond acceptors (Lipinski definition) is 2. The number of allylic oxidation sites excluding steroid dienone is 4. The zero-order chi connectivity index (χ0) is 18.0. The van der Waals surface area contributed by atoms with E-state index in [4.69, 9.17) is 11.5 Å². The Bertz CT molecular complexity index is 666. The number of halogens is 6. The van der Waals surface area contributed by atoms with Gasteiger partial charge in [0.1, 0.15) is 0 Å². The molecule has 1 aromatic rings. The zero-order valence-electron chi connectivity index (χ0n) is 12.0. The lowest BCUT2D eigenvalue weighted by molar-refractivity contribution is -0.137. The second-order valence-corrected chi connectivity index (χ2v) is 4.64. The Morgan fingerprint density at radius 3 is 2.09 bits per heavy atom. The molecule has 0 spiro atoms. The molecule has 0 saturated heterocycles. The minimum Gasteiger partial charge on any atom is -0.399 e. The molecule has 23 heavy (non-hydrogen) atoms. The topological polar surface area (TPSA) is 52.0 Å². The lowest BCUT2D eigenvalue weighted by atomic mass is 9.92. The van der Waals surface area contributed by atoms with Gasteiger partial charge in [0.05, 0.1) is 11.1 Å². The first kappa shape index (κ1) is 18.7. The maximum atomic E-state index is 13.2. The number of benzene rings is 1. The van der Waals surface area contributed by atoms with Gasteiger partial charge in [0.2, 0.25) is 0 Å². The molecule has 0 fully saturated rings. The summed E-state index contributed by atoms with van der Waals surface area (Å²) in [6.45, 7) is 4.34. The van der Waals surface area contributed by atoms with Crippen molar-refractivity contribution < 1.29 is 26.3 Å². The van der Waals surface area contributed by atoms with E-state index in [0.29, 0.717) is 12.1 Å². The number of nitrogen functional groups attached to an aromatic ring is 1. The maximum Gasteiger partial charge on any atom is 0.417 e. The summed E-state index contributed by atoms with van der Waals surface area (Å²) in [6.07, 6.45) is -8.35. The van der Waals surface area contributed by atoms with Crippen LogP contribution in [0.15, 0.2) is 48.2 Å². The zero-order valence-corrected chi connectivity index (χ0v) is 12.0. The van der Waals surface area contributed by atoms with Crippen LogP contribution in [0.1, 0.15) is 18.1 Å². The summed E-state index contributed by atoms with van der Waals surface area (Å²) in [5, 5.41) is 0. The number of rotatable bonds is 3. The summed E-state index contributed by atoms with van der Waals surface area (Å²) in [5.74, 6) is 0. The standard InChI is InChI=1S/C15H14F6N2/c1-3-10(12(6-8(2)22)14(16,17)18)11-5-4-9(23)7-13(11)15(19,20)21/h3-7H,2,22-23H2,1H3/b10-3-,12-6+. The predicted molar refractivity (Wildman–Crippen MR) is 77.0 cm³/mol. The van der Waals surface area contributed by atoms with Crippen molar-refractivity contribution in [2.45, 2.75) is 19.3 Å². The van der Waals surface area contributed by atoms with Gasteiger partial charge < -0.3 is 11.5 Å². The number of alkyl halides is 6. The summed E-state index contributed by atoms with van der Waals surface area (Å²) in [4.78, 5) is 0. The van der Waals surface area contributed by atoms with Crippen LogP contribution >= 0.6 is 0 Å². The smallest absolute Gasteiger partial charge is 0.399 e. The third-order valence-electron chi connectivity index (χ3n) is 2.85. The van der Waals surface area contributed by atoms with Crippen molar-refractivity contribution in [2.24, 2.45) is 5.73 Å². The van der Waals surface area contributed by atoms with Gasteiger partial charge in [-0.25, -0.2) is 0 Å². The van der Waals surface area contributed by atoms with Crippen LogP contribution in [-0.4, -0.2) is 6.18 Å². The van der Waals surface area contributed by atoms with Crippen LogP contribution < -0.4 is 11.5 Å². The van der Waals surface area contributed by atoms with E-state index in [1.165, 1.54) is 6.92 Å². The molecule has 4 N–H and O–H groups in total. The maximum absolute atomic E-state index is 13.2. The average Bonchev–Trinajstić information content (AvgIpc) is 2.37. The monoisotopic (exact) mass is 336 g/mol. The summed E-state index contributed by atoms with van der Waals surface area (Å²) in [5.41, 5.74) is 5.97. The first-order valence-electron chi connectivity index (χ1n) is 6.25. The van der Waals surface area contributed by atoms with Gasteiger partial charge in [-0.15, -0.1) is 0 Å². The largest absolute Gasteiger partial charge is 0.417 e. The van der Waals surface area contributed by atoms with Crippen molar-refractivity contribution in [3.8, 4) is 0 Å². The van der Waals surface area contributed by atoms with E-state index in [0.717, 1.165) is 18.2 Å². The minimum absolute atomic E-state index is 0.211. The molecule has 0 aromatic heterocycles. The number of anilines is 1. The predicted octanol–water partition coefficient (Wildman–Crippen LogP) is 4.65. The Balaban J connectivity index is 3.68. The molecule has 0 radical (unpaired) electrons. The van der Waals surface area contributed by atoms with Crippen molar-refractivity contribution in [3.05, 3.63) is 59.3 Å². The fourth-order valence-corrected chi connectivity index (χ4v) is 1.99. The quantitative estimate of drug-likeness (QED) is 0.479. The fourth-order valence-electron chi connectivity index (χ4n) is 1.99. The first-order chi connectivity index (χ1) is 10.4. The van der Waals surface area contributed by atoms with Gasteiger partial charge >= 0.3 is 12.4 Å². The Kier molecular flexibility index (Phi) is 5.19.